The molecule has 0 saturated carbocycles. The van der Waals surface area contributed by atoms with Crippen LogP contribution in [0.1, 0.15) is 18.2 Å². The van der Waals surface area contributed by atoms with Gasteiger partial charge in [0.1, 0.15) is 5.82 Å². The number of rotatable bonds is 4. The minimum Gasteiger partial charge on any atom is -0.377 e. The lowest BCUT2D eigenvalue weighted by Gasteiger charge is -2.37. The van der Waals surface area contributed by atoms with Crippen LogP contribution in [0.2, 0.25) is 0 Å². The van der Waals surface area contributed by atoms with Crippen molar-refractivity contribution in [1.82, 2.24) is 30.3 Å². The number of morpholine rings is 1. The van der Waals surface area contributed by atoms with Gasteiger partial charge in [-0.25, -0.2) is 30.6 Å². The normalized spacial score (nSPS) is 17.0. The third-order valence-corrected chi connectivity index (χ3v) is 6.66. The topological polar surface area (TPSA) is 138 Å². The van der Waals surface area contributed by atoms with E-state index in [4.69, 9.17) is 32.8 Å². The molecule has 1 saturated heterocycles. The predicted octanol–water partition coefficient (Wildman–Crippen LogP) is 1.93. The van der Waals surface area contributed by atoms with Gasteiger partial charge in [-0.15, -0.1) is 0 Å². The number of urea groups is 1. The van der Waals surface area contributed by atoms with Crippen molar-refractivity contribution >= 4 is 40.8 Å². The molecule has 198 valence electrons. The van der Waals surface area contributed by atoms with Crippen molar-refractivity contribution in [2.75, 3.05) is 48.5 Å². The van der Waals surface area contributed by atoms with Crippen LogP contribution in [0, 0.1) is 0 Å². The van der Waals surface area contributed by atoms with Crippen LogP contribution in [0.3, 0.4) is 0 Å². The Hall–Kier alpha value is -3.94. The summed E-state index contributed by atoms with van der Waals surface area (Å²) < 4.78 is 5.69. The van der Waals surface area contributed by atoms with Gasteiger partial charge in [-0.2, -0.15) is 0 Å². The second-order valence-corrected chi connectivity index (χ2v) is 9.61. The van der Waals surface area contributed by atoms with Crippen LogP contribution in [0.25, 0.3) is 11.4 Å². The van der Waals surface area contributed by atoms with Gasteiger partial charge in [0, 0.05) is 49.3 Å². The van der Waals surface area contributed by atoms with Crippen LogP contribution in [0.4, 0.5) is 22.2 Å². The summed E-state index contributed by atoms with van der Waals surface area (Å²) in [6.45, 7) is 5.66. The fourth-order valence-electron chi connectivity index (χ4n) is 4.49. The summed E-state index contributed by atoms with van der Waals surface area (Å²) in [5, 5.41) is 6.55. The largest absolute Gasteiger partial charge is 0.377 e. The van der Waals surface area contributed by atoms with Crippen LogP contribution in [-0.2, 0) is 17.7 Å². The van der Waals surface area contributed by atoms with E-state index in [0.717, 1.165) is 41.6 Å². The third-order valence-electron chi connectivity index (χ3n) is 6.46. The molecule has 2 aromatic heterocycles. The number of hydrazine groups is 1. The summed E-state index contributed by atoms with van der Waals surface area (Å²) in [5.74, 6) is 7.72. The summed E-state index contributed by atoms with van der Waals surface area (Å²) in [6, 6.07) is 9.10. The van der Waals surface area contributed by atoms with Gasteiger partial charge in [0.15, 0.2) is 10.9 Å². The maximum atomic E-state index is 11.7. The Kier molecular flexibility index (Phi) is 7.58. The second kappa shape index (κ2) is 11.2. The van der Waals surface area contributed by atoms with Crippen molar-refractivity contribution in [3.8, 4) is 11.4 Å². The van der Waals surface area contributed by atoms with E-state index in [1.165, 1.54) is 12.6 Å². The maximum Gasteiger partial charge on any atom is 0.337 e. The molecule has 0 spiro atoms. The van der Waals surface area contributed by atoms with Crippen LogP contribution >= 0.6 is 12.2 Å². The van der Waals surface area contributed by atoms with E-state index in [1.807, 2.05) is 30.3 Å². The summed E-state index contributed by atoms with van der Waals surface area (Å²) in [4.78, 5) is 35.1. The van der Waals surface area contributed by atoms with Crippen molar-refractivity contribution in [1.29, 1.82) is 0 Å². The monoisotopic (exact) mass is 534 g/mol. The van der Waals surface area contributed by atoms with Crippen molar-refractivity contribution in [3.63, 3.8) is 0 Å². The van der Waals surface area contributed by atoms with Crippen LogP contribution in [0.15, 0.2) is 42.7 Å². The highest BCUT2D eigenvalue weighted by atomic mass is 32.1. The molecule has 0 radical (unpaired) electrons. The molecular formula is C25H30N10O2S. The quantitative estimate of drug-likeness (QED) is 0.196. The molecule has 5 rings (SSSR count). The highest BCUT2D eigenvalue weighted by Crippen LogP contribution is 2.32. The Labute approximate surface area is 226 Å². The van der Waals surface area contributed by atoms with Gasteiger partial charge in [-0.1, -0.05) is 0 Å². The molecule has 0 aliphatic carbocycles. The van der Waals surface area contributed by atoms with E-state index in [-0.39, 0.29) is 11.2 Å². The van der Waals surface area contributed by atoms with E-state index in [0.29, 0.717) is 37.2 Å². The van der Waals surface area contributed by atoms with E-state index < -0.39 is 6.03 Å². The van der Waals surface area contributed by atoms with E-state index in [9.17, 15) is 4.79 Å². The molecule has 1 unspecified atom stereocenters. The van der Waals surface area contributed by atoms with Crippen LogP contribution in [0.5, 0.6) is 0 Å². The zero-order valence-electron chi connectivity index (χ0n) is 21.3. The highest BCUT2D eigenvalue weighted by Gasteiger charge is 2.29. The Bertz CT molecular complexity index is 1310. The minimum atomic E-state index is -0.513. The van der Waals surface area contributed by atoms with Crippen LogP contribution in [-0.4, -0.2) is 75.5 Å². The molecule has 13 heteroatoms. The fraction of sp³-hybridized carbons (Fsp3) is 0.360. The number of nitrogens with zero attached hydrogens (tertiary/aromatic N) is 7. The first-order chi connectivity index (χ1) is 18.4. The predicted molar refractivity (Wildman–Crippen MR) is 149 cm³/mol. The molecule has 38 heavy (non-hydrogen) atoms. The van der Waals surface area contributed by atoms with E-state index in [1.54, 1.807) is 12.4 Å². The molecule has 4 heterocycles. The third kappa shape index (κ3) is 5.64. The molecule has 1 fully saturated rings. The number of hydrogen-bond donors (Lipinski definition) is 3. The molecule has 2 aliphatic rings. The van der Waals surface area contributed by atoms with Gasteiger partial charge in [0.25, 0.3) is 0 Å². The number of anilines is 3. The van der Waals surface area contributed by atoms with Gasteiger partial charge in [0.05, 0.1) is 31.5 Å². The zero-order valence-corrected chi connectivity index (χ0v) is 22.1. The first-order valence-electron chi connectivity index (χ1n) is 12.4. The summed E-state index contributed by atoms with van der Waals surface area (Å²) >= 11 is 5.20. The summed E-state index contributed by atoms with van der Waals surface area (Å²) in [6.07, 6.45) is 4.31. The fourth-order valence-corrected chi connectivity index (χ4v) is 4.70. The molecule has 4 N–H and O–H groups in total. The Morgan fingerprint density at radius 3 is 2.66 bits per heavy atom. The number of nitrogens with two attached hydrogens (primary N) is 1. The van der Waals surface area contributed by atoms with Gasteiger partial charge in [-0.05, 0) is 55.9 Å². The van der Waals surface area contributed by atoms with Gasteiger partial charge in [0.2, 0.25) is 5.95 Å². The first kappa shape index (κ1) is 25.7. The Balaban J connectivity index is 1.44. The summed E-state index contributed by atoms with van der Waals surface area (Å²) in [5.41, 5.74) is 3.72. The number of aromatic nitrogens is 4. The lowest BCUT2D eigenvalue weighted by Crippen LogP contribution is -2.45. The number of benzene rings is 1. The first-order valence-corrected chi connectivity index (χ1v) is 12.8. The van der Waals surface area contributed by atoms with E-state index >= 15 is 0 Å². The number of hydrogen-bond acceptors (Lipinski definition) is 10. The summed E-state index contributed by atoms with van der Waals surface area (Å²) in [7, 11) is 1.43. The standard InChI is InChI=1S/C25H30N10O2S/c1-16-15-37-13-12-35(16)22-19-8-11-34(23-27-9-3-10-28-23)14-20(19)30-21(31-22)17-4-6-18(7-5-17)29-24(38)32-25(36)33(2)26/h3-7,9-10,16H,8,11-15,26H2,1-2H3,(H2,29,32,36,38). The SMILES string of the molecule is CC1COCCN1c1nc(-c2ccc(NC(=S)NC(=O)N(C)N)cc2)nc2c1CCN(c1ncccn1)C2. The second-order valence-electron chi connectivity index (χ2n) is 9.21. The van der Waals surface area contributed by atoms with Gasteiger partial charge in [-0.3, -0.25) is 10.3 Å². The van der Waals surface area contributed by atoms with E-state index in [2.05, 4.69) is 37.3 Å². The lowest BCUT2D eigenvalue weighted by molar-refractivity contribution is 0.0984. The molecule has 1 atom stereocenters. The molecule has 2 aliphatic heterocycles. The average molecular weight is 535 g/mol. The molecule has 2 amide bonds. The maximum absolute atomic E-state index is 11.7. The lowest BCUT2D eigenvalue weighted by atomic mass is 10.0. The minimum absolute atomic E-state index is 0.150. The Morgan fingerprint density at radius 1 is 1.18 bits per heavy atom. The van der Waals surface area contributed by atoms with Crippen molar-refractivity contribution in [3.05, 3.63) is 54.0 Å². The van der Waals surface area contributed by atoms with Gasteiger partial charge < -0.3 is 19.9 Å². The van der Waals surface area contributed by atoms with Crippen molar-refractivity contribution in [2.45, 2.75) is 25.9 Å². The molecular weight excluding hydrogens is 504 g/mol. The zero-order chi connectivity index (χ0) is 26.6. The number of carbonyl (C=O) groups is 1. The average Bonchev–Trinajstić information content (AvgIpc) is 2.93. The number of nitrogens with one attached hydrogen (secondary N) is 2. The number of amides is 2. The van der Waals surface area contributed by atoms with Crippen molar-refractivity contribution in [2.24, 2.45) is 5.84 Å². The number of ether oxygens (including phenoxy) is 1. The Morgan fingerprint density at radius 2 is 1.95 bits per heavy atom. The van der Waals surface area contributed by atoms with Crippen molar-refractivity contribution < 1.29 is 9.53 Å². The molecule has 1 aromatic carbocycles. The van der Waals surface area contributed by atoms with Crippen LogP contribution < -0.4 is 26.3 Å². The van der Waals surface area contributed by atoms with Gasteiger partial charge >= 0.3 is 6.03 Å². The number of fused-ring (bicyclic) bond motifs is 1. The molecule has 12 nitrogen and oxygen atoms in total. The smallest absolute Gasteiger partial charge is 0.337 e. The molecule has 0 bridgehead atoms. The number of thiocarbonyl (C=S) groups is 1. The molecule has 3 aromatic rings. The number of carbonyl (C=O) groups excluding carboxylic acids is 1. The highest BCUT2D eigenvalue weighted by molar-refractivity contribution is 7.80.